The largest absolute Gasteiger partial charge is 0.384 e. The molecular formula is C15H24N4O2S. The van der Waals surface area contributed by atoms with Gasteiger partial charge in [-0.1, -0.05) is 19.3 Å². The topological polar surface area (TPSA) is 89.2 Å². The first kappa shape index (κ1) is 15.7. The van der Waals surface area contributed by atoms with E-state index in [-0.39, 0.29) is 11.3 Å². The Bertz CT molecular complexity index is 621. The Morgan fingerprint density at radius 1 is 1.14 bits per heavy atom. The first-order valence-electron chi connectivity index (χ1n) is 8.10. The fraction of sp³-hybridized carbons (Fsp3) is 0.733. The van der Waals surface area contributed by atoms with E-state index in [9.17, 15) is 8.42 Å². The van der Waals surface area contributed by atoms with Gasteiger partial charge in [0.05, 0.1) is 17.0 Å². The third-order valence-electron chi connectivity index (χ3n) is 4.72. The van der Waals surface area contributed by atoms with Crippen molar-refractivity contribution in [3.8, 4) is 0 Å². The molecule has 122 valence electrons. The number of hydrogen-bond donors (Lipinski definition) is 1. The van der Waals surface area contributed by atoms with E-state index in [0.29, 0.717) is 18.2 Å². The zero-order chi connectivity index (χ0) is 15.7. The molecule has 7 heteroatoms. The monoisotopic (exact) mass is 324 g/mol. The molecule has 1 aliphatic heterocycles. The van der Waals surface area contributed by atoms with Gasteiger partial charge in [0.1, 0.15) is 11.6 Å². The minimum absolute atomic E-state index is 0.184. The molecule has 22 heavy (non-hydrogen) atoms. The second kappa shape index (κ2) is 6.12. The minimum Gasteiger partial charge on any atom is -0.384 e. The molecule has 2 fully saturated rings. The van der Waals surface area contributed by atoms with Crippen molar-refractivity contribution >= 4 is 15.8 Å². The van der Waals surface area contributed by atoms with Crippen molar-refractivity contribution in [2.45, 2.75) is 63.2 Å². The van der Waals surface area contributed by atoms with E-state index in [1.165, 1.54) is 0 Å². The quantitative estimate of drug-likeness (QED) is 0.920. The molecule has 1 aromatic heterocycles. The summed E-state index contributed by atoms with van der Waals surface area (Å²) in [7, 11) is -3.25. The summed E-state index contributed by atoms with van der Waals surface area (Å²) in [5.74, 6) is 1.00. The molecule has 2 N–H and O–H groups in total. The van der Waals surface area contributed by atoms with E-state index in [4.69, 9.17) is 5.73 Å². The lowest BCUT2D eigenvalue weighted by Gasteiger charge is -2.30. The van der Waals surface area contributed by atoms with Gasteiger partial charge in [0, 0.05) is 12.6 Å². The van der Waals surface area contributed by atoms with Gasteiger partial charge >= 0.3 is 0 Å². The Hall–Kier alpha value is -1.21. The minimum atomic E-state index is -3.25. The average Bonchev–Trinajstić information content (AvgIpc) is 2.97. The van der Waals surface area contributed by atoms with Crippen molar-refractivity contribution < 1.29 is 8.42 Å². The summed E-state index contributed by atoms with van der Waals surface area (Å²) in [4.78, 5) is 8.51. The molecule has 2 aliphatic rings. The van der Waals surface area contributed by atoms with E-state index >= 15 is 0 Å². The molecule has 0 aromatic carbocycles. The van der Waals surface area contributed by atoms with Crippen LogP contribution in [0.15, 0.2) is 6.07 Å². The van der Waals surface area contributed by atoms with Crippen molar-refractivity contribution in [2.75, 3.05) is 12.3 Å². The molecule has 1 aliphatic carbocycles. The summed E-state index contributed by atoms with van der Waals surface area (Å²) in [6.07, 6.45) is 6.44. The number of anilines is 1. The van der Waals surface area contributed by atoms with Gasteiger partial charge in [-0.05, 0) is 32.6 Å². The van der Waals surface area contributed by atoms with Crippen molar-refractivity contribution in [1.82, 2.24) is 14.3 Å². The molecule has 0 radical (unpaired) electrons. The molecule has 1 aromatic rings. The number of aryl methyl sites for hydroxylation is 1. The maximum Gasteiger partial charge on any atom is 0.217 e. The van der Waals surface area contributed by atoms with E-state index in [2.05, 4.69) is 9.97 Å². The number of nitrogens with two attached hydrogens (primary N) is 1. The predicted molar refractivity (Wildman–Crippen MR) is 85.7 cm³/mol. The second-order valence-corrected chi connectivity index (χ2v) is 8.50. The average molecular weight is 324 g/mol. The lowest BCUT2D eigenvalue weighted by atomic mass is 10.0. The SMILES string of the molecule is Cc1nc(N)cc(C2CCCN2S(=O)(=O)C2CCCCC2)n1. The maximum atomic E-state index is 13.0. The number of nitrogens with zero attached hydrogens (tertiary/aromatic N) is 3. The van der Waals surface area contributed by atoms with Gasteiger partial charge in [0.15, 0.2) is 0 Å². The van der Waals surface area contributed by atoms with Crippen LogP contribution in [0.25, 0.3) is 0 Å². The zero-order valence-corrected chi connectivity index (χ0v) is 13.8. The van der Waals surface area contributed by atoms with Crippen LogP contribution in [0.4, 0.5) is 5.82 Å². The highest BCUT2D eigenvalue weighted by molar-refractivity contribution is 7.89. The first-order chi connectivity index (χ1) is 10.5. The summed E-state index contributed by atoms with van der Waals surface area (Å²) >= 11 is 0. The van der Waals surface area contributed by atoms with Crippen LogP contribution in [0, 0.1) is 6.92 Å². The molecule has 0 spiro atoms. The van der Waals surface area contributed by atoms with Crippen LogP contribution in [0.2, 0.25) is 0 Å². The molecule has 0 bridgehead atoms. The van der Waals surface area contributed by atoms with Crippen LogP contribution in [0.1, 0.15) is 62.5 Å². The molecule has 3 rings (SSSR count). The third-order valence-corrected chi connectivity index (χ3v) is 7.13. The van der Waals surface area contributed by atoms with Gasteiger partial charge < -0.3 is 5.73 Å². The molecule has 2 heterocycles. The lowest BCUT2D eigenvalue weighted by molar-refractivity contribution is 0.369. The van der Waals surface area contributed by atoms with E-state index in [1.807, 2.05) is 0 Å². The molecule has 0 amide bonds. The van der Waals surface area contributed by atoms with Crippen molar-refractivity contribution in [2.24, 2.45) is 0 Å². The standard InChI is InChI=1S/C15H24N4O2S/c1-11-17-13(10-15(16)18-11)14-8-5-9-19(14)22(20,21)12-6-3-2-4-7-12/h10,12,14H,2-9H2,1H3,(H2,16,17,18). The molecule has 1 saturated heterocycles. The summed E-state index contributed by atoms with van der Waals surface area (Å²) in [5.41, 5.74) is 6.54. The Kier molecular flexibility index (Phi) is 4.36. The van der Waals surface area contributed by atoms with Gasteiger partial charge in [0.2, 0.25) is 10.0 Å². The fourth-order valence-electron chi connectivity index (χ4n) is 3.68. The molecule has 1 unspecified atom stereocenters. The van der Waals surface area contributed by atoms with Crippen molar-refractivity contribution in [1.29, 1.82) is 0 Å². The Morgan fingerprint density at radius 3 is 2.55 bits per heavy atom. The van der Waals surface area contributed by atoms with Crippen molar-refractivity contribution in [3.05, 3.63) is 17.6 Å². The number of nitrogen functional groups attached to an aromatic ring is 1. The molecule has 1 atom stereocenters. The third kappa shape index (κ3) is 2.96. The first-order valence-corrected chi connectivity index (χ1v) is 9.60. The number of rotatable bonds is 3. The normalized spacial score (nSPS) is 24.7. The van der Waals surface area contributed by atoms with Crippen LogP contribution < -0.4 is 5.73 Å². The van der Waals surface area contributed by atoms with Gasteiger partial charge in [-0.3, -0.25) is 0 Å². The highest BCUT2D eigenvalue weighted by Crippen LogP contribution is 2.37. The van der Waals surface area contributed by atoms with Crippen molar-refractivity contribution in [3.63, 3.8) is 0 Å². The van der Waals surface area contributed by atoms with Gasteiger partial charge in [-0.2, -0.15) is 4.31 Å². The number of sulfonamides is 1. The Morgan fingerprint density at radius 2 is 1.86 bits per heavy atom. The fourth-order valence-corrected chi connectivity index (χ4v) is 5.94. The molecular weight excluding hydrogens is 300 g/mol. The maximum absolute atomic E-state index is 13.0. The summed E-state index contributed by atoms with van der Waals surface area (Å²) in [6.45, 7) is 2.38. The summed E-state index contributed by atoms with van der Waals surface area (Å²) in [6, 6.07) is 1.53. The van der Waals surface area contributed by atoms with Crippen LogP contribution in [-0.4, -0.2) is 34.5 Å². The molecule has 6 nitrogen and oxygen atoms in total. The van der Waals surface area contributed by atoms with Crippen LogP contribution in [0.3, 0.4) is 0 Å². The van der Waals surface area contributed by atoms with Crippen LogP contribution in [-0.2, 0) is 10.0 Å². The number of aromatic nitrogens is 2. The summed E-state index contributed by atoms with van der Waals surface area (Å²) < 4.78 is 27.7. The number of hydrogen-bond acceptors (Lipinski definition) is 5. The zero-order valence-electron chi connectivity index (χ0n) is 13.0. The highest BCUT2D eigenvalue weighted by Gasteiger charge is 2.40. The Balaban J connectivity index is 1.89. The van der Waals surface area contributed by atoms with Crippen LogP contribution >= 0.6 is 0 Å². The van der Waals surface area contributed by atoms with E-state index in [1.54, 1.807) is 17.3 Å². The highest BCUT2D eigenvalue weighted by atomic mass is 32.2. The predicted octanol–water partition coefficient (Wildman–Crippen LogP) is 2.17. The smallest absolute Gasteiger partial charge is 0.217 e. The second-order valence-electron chi connectivity index (χ2n) is 6.34. The lowest BCUT2D eigenvalue weighted by Crippen LogP contribution is -2.39. The van der Waals surface area contributed by atoms with Gasteiger partial charge in [-0.25, -0.2) is 18.4 Å². The van der Waals surface area contributed by atoms with E-state index in [0.717, 1.165) is 50.6 Å². The van der Waals surface area contributed by atoms with E-state index < -0.39 is 10.0 Å². The van der Waals surface area contributed by atoms with Gasteiger partial charge in [-0.15, -0.1) is 0 Å². The molecule has 1 saturated carbocycles. The van der Waals surface area contributed by atoms with Crippen LogP contribution in [0.5, 0.6) is 0 Å². The summed E-state index contributed by atoms with van der Waals surface area (Å²) in [5, 5.41) is -0.220. The van der Waals surface area contributed by atoms with Gasteiger partial charge in [0.25, 0.3) is 0 Å². The Labute approximate surface area is 132 Å².